The molecule has 12 heteroatoms. The van der Waals surface area contributed by atoms with Crippen molar-refractivity contribution in [3.05, 3.63) is 172 Å². The van der Waals surface area contributed by atoms with Gasteiger partial charge >= 0.3 is 0 Å². The predicted molar refractivity (Wildman–Crippen MR) is 291 cm³/mol. The summed E-state index contributed by atoms with van der Waals surface area (Å²) in [7, 11) is 7.97. The van der Waals surface area contributed by atoms with Gasteiger partial charge in [-0.3, -0.25) is 14.4 Å². The Morgan fingerprint density at radius 1 is 0.457 bits per heavy atom. The number of likely N-dealkylation sites (tertiary alicyclic amines) is 3. The van der Waals surface area contributed by atoms with E-state index in [4.69, 9.17) is 4.74 Å². The molecule has 70 heavy (non-hydrogen) atoms. The van der Waals surface area contributed by atoms with Gasteiger partial charge in [-0.2, -0.15) is 0 Å². The standard InChI is InChI=1S/C20H24N2O2.C19H21FN2O.C19H21IN2O/c1-22-12-10-15(11-13-22)20(23)16-4-3-5-18(14-16)21-17-6-8-19(24-2)9-7-17;1-22-10-8-14(9-11-22)19(23)15-4-2-6-17(12-15)21-18-7-3-5-16(20)13-18;1-22-11-9-14(10-12-22)19(23)15-3-2-4-18(13-15)21-17-7-5-16(20)6-8-17/h3-9,14-15,21H,10-13H2,1-2H3;2-7,12-14,21H,8-11H2,1H3;2-8,13-14,21H,9-12H2,1H3. The molecule has 3 N–H and O–H groups in total. The zero-order valence-electron chi connectivity index (χ0n) is 40.8. The Kier molecular flexibility index (Phi) is 19.1. The molecule has 3 heterocycles. The van der Waals surface area contributed by atoms with Crippen molar-refractivity contribution in [3.8, 4) is 5.75 Å². The first-order valence-electron chi connectivity index (χ1n) is 24.3. The van der Waals surface area contributed by atoms with Gasteiger partial charge < -0.3 is 35.4 Å². The molecule has 0 bridgehead atoms. The van der Waals surface area contributed by atoms with Gasteiger partial charge in [-0.25, -0.2) is 4.39 Å². The molecule has 0 amide bonds. The summed E-state index contributed by atoms with van der Waals surface area (Å²) in [5.41, 5.74) is 7.71. The highest BCUT2D eigenvalue weighted by molar-refractivity contribution is 14.1. The molecule has 6 aromatic carbocycles. The van der Waals surface area contributed by atoms with E-state index in [1.807, 2.05) is 109 Å². The van der Waals surface area contributed by atoms with E-state index in [1.165, 1.54) is 15.7 Å². The number of piperidine rings is 3. The van der Waals surface area contributed by atoms with Gasteiger partial charge in [0, 0.05) is 72.1 Å². The number of hydrogen-bond acceptors (Lipinski definition) is 10. The Morgan fingerprint density at radius 3 is 1.11 bits per heavy atom. The molecular weight excluding hydrogens is 991 g/mol. The maximum atomic E-state index is 13.3. The number of hydrogen-bond donors (Lipinski definition) is 3. The predicted octanol–water partition coefficient (Wildman–Crippen LogP) is 12.6. The lowest BCUT2D eigenvalue weighted by Crippen LogP contribution is -2.33. The van der Waals surface area contributed by atoms with Crippen LogP contribution in [0.1, 0.15) is 69.6 Å². The van der Waals surface area contributed by atoms with Crippen LogP contribution in [0.4, 0.5) is 38.5 Å². The summed E-state index contributed by atoms with van der Waals surface area (Å²) in [6.45, 7) is 5.96. The molecule has 3 aliphatic rings. The summed E-state index contributed by atoms with van der Waals surface area (Å²) in [4.78, 5) is 44.9. The summed E-state index contributed by atoms with van der Waals surface area (Å²) in [5.74, 6) is 1.72. The minimum absolute atomic E-state index is 0.107. The van der Waals surface area contributed by atoms with Gasteiger partial charge in [0.1, 0.15) is 11.6 Å². The van der Waals surface area contributed by atoms with Gasteiger partial charge in [0.2, 0.25) is 0 Å². The van der Waals surface area contributed by atoms with E-state index in [1.54, 1.807) is 19.2 Å². The number of benzene rings is 6. The maximum absolute atomic E-state index is 13.3. The number of carbonyl (C=O) groups excluding carboxylic acids is 3. The molecule has 0 aromatic heterocycles. The summed E-state index contributed by atoms with van der Waals surface area (Å²) >= 11 is 2.29. The van der Waals surface area contributed by atoms with Crippen molar-refractivity contribution in [1.29, 1.82) is 0 Å². The van der Waals surface area contributed by atoms with Crippen LogP contribution in [0.25, 0.3) is 0 Å². The fourth-order valence-corrected chi connectivity index (χ4v) is 9.40. The topological polar surface area (TPSA) is 106 Å². The molecule has 9 rings (SSSR count). The monoisotopic (exact) mass is 1060 g/mol. The number of nitrogens with zero attached hydrogens (tertiary/aromatic N) is 3. The molecule has 10 nitrogen and oxygen atoms in total. The van der Waals surface area contributed by atoms with Gasteiger partial charge in [-0.15, -0.1) is 0 Å². The highest BCUT2D eigenvalue weighted by Crippen LogP contribution is 2.28. The van der Waals surface area contributed by atoms with Crippen molar-refractivity contribution < 1.29 is 23.5 Å². The number of ether oxygens (including phenoxy) is 1. The third kappa shape index (κ3) is 15.5. The van der Waals surface area contributed by atoms with Crippen molar-refractivity contribution in [3.63, 3.8) is 0 Å². The van der Waals surface area contributed by atoms with E-state index in [9.17, 15) is 18.8 Å². The lowest BCUT2D eigenvalue weighted by Gasteiger charge is -2.28. The first-order chi connectivity index (χ1) is 33.9. The largest absolute Gasteiger partial charge is 0.497 e. The second-order valence-electron chi connectivity index (χ2n) is 18.7. The number of methoxy groups -OCH3 is 1. The smallest absolute Gasteiger partial charge is 0.166 e. The fourth-order valence-electron chi connectivity index (χ4n) is 9.04. The van der Waals surface area contributed by atoms with Gasteiger partial charge in [-0.1, -0.05) is 42.5 Å². The molecular formula is C58H66FIN6O4. The number of Topliss-reactive ketones (excluding diaryl/α,β-unsaturated/α-hetero) is 3. The summed E-state index contributed by atoms with van der Waals surface area (Å²) in [5, 5.41) is 9.87. The summed E-state index contributed by atoms with van der Waals surface area (Å²) in [6.07, 6.45) is 5.65. The van der Waals surface area contributed by atoms with Crippen LogP contribution in [0.5, 0.6) is 5.75 Å². The van der Waals surface area contributed by atoms with E-state index in [0.717, 1.165) is 129 Å². The second-order valence-corrected chi connectivity index (χ2v) is 19.9. The Morgan fingerprint density at radius 2 is 0.771 bits per heavy atom. The minimum atomic E-state index is -0.284. The number of anilines is 6. The zero-order chi connectivity index (χ0) is 49.4. The minimum Gasteiger partial charge on any atom is -0.497 e. The van der Waals surface area contributed by atoms with E-state index in [0.29, 0.717) is 5.69 Å². The van der Waals surface area contributed by atoms with Crippen LogP contribution in [-0.4, -0.2) is 99.6 Å². The third-order valence-electron chi connectivity index (χ3n) is 13.3. The van der Waals surface area contributed by atoms with E-state index in [-0.39, 0.29) is 40.9 Å². The molecule has 366 valence electrons. The van der Waals surface area contributed by atoms with Crippen LogP contribution in [0.3, 0.4) is 0 Å². The molecule has 3 saturated heterocycles. The van der Waals surface area contributed by atoms with Crippen molar-refractivity contribution in [2.45, 2.75) is 38.5 Å². The Balaban J connectivity index is 0.000000155. The van der Waals surface area contributed by atoms with Crippen molar-refractivity contribution in [1.82, 2.24) is 14.7 Å². The number of ketones is 3. The van der Waals surface area contributed by atoms with Crippen LogP contribution >= 0.6 is 22.6 Å². The molecule has 0 unspecified atom stereocenters. The molecule has 0 spiro atoms. The molecule has 0 radical (unpaired) electrons. The van der Waals surface area contributed by atoms with Crippen LogP contribution in [-0.2, 0) is 0 Å². The first kappa shape index (κ1) is 51.9. The van der Waals surface area contributed by atoms with Crippen LogP contribution in [0.15, 0.2) is 146 Å². The molecule has 0 atom stereocenters. The molecule has 3 fully saturated rings. The number of rotatable bonds is 13. The Bertz CT molecular complexity index is 2640. The van der Waals surface area contributed by atoms with Gasteiger partial charge in [0.05, 0.1) is 7.11 Å². The summed E-state index contributed by atoms with van der Waals surface area (Å²) < 4.78 is 19.6. The van der Waals surface area contributed by atoms with Crippen LogP contribution < -0.4 is 20.7 Å². The van der Waals surface area contributed by atoms with Crippen molar-refractivity contribution >= 4 is 74.1 Å². The van der Waals surface area contributed by atoms with E-state index < -0.39 is 0 Å². The quantitative estimate of drug-likeness (QED) is 0.0765. The number of nitrogens with one attached hydrogen (secondary N) is 3. The highest BCUT2D eigenvalue weighted by Gasteiger charge is 2.27. The number of carbonyl (C=O) groups is 3. The van der Waals surface area contributed by atoms with Crippen LogP contribution in [0.2, 0.25) is 0 Å². The van der Waals surface area contributed by atoms with Gasteiger partial charge in [0.15, 0.2) is 17.3 Å². The molecule has 6 aromatic rings. The van der Waals surface area contributed by atoms with E-state index >= 15 is 0 Å². The van der Waals surface area contributed by atoms with Crippen molar-refractivity contribution in [2.75, 3.05) is 83.5 Å². The van der Waals surface area contributed by atoms with Crippen molar-refractivity contribution in [2.24, 2.45) is 17.8 Å². The average Bonchev–Trinajstić information content (AvgIpc) is 3.38. The normalized spacial score (nSPS) is 16.1. The average molecular weight is 1060 g/mol. The van der Waals surface area contributed by atoms with Crippen LogP contribution in [0, 0.1) is 27.1 Å². The maximum Gasteiger partial charge on any atom is 0.166 e. The van der Waals surface area contributed by atoms with Gasteiger partial charge in [0.25, 0.3) is 0 Å². The zero-order valence-corrected chi connectivity index (χ0v) is 43.0. The molecule has 0 aliphatic carbocycles. The highest BCUT2D eigenvalue weighted by atomic mass is 127. The lowest BCUT2D eigenvalue weighted by atomic mass is 9.89. The Hall–Kier alpha value is -5.93. The third-order valence-corrected chi connectivity index (χ3v) is 14.1. The van der Waals surface area contributed by atoms with Gasteiger partial charge in [-0.05, 0) is 225 Å². The lowest BCUT2D eigenvalue weighted by molar-refractivity contribution is 0.0850. The SMILES string of the molecule is CN1CCC(C(=O)c2cccc(Nc3ccc(I)cc3)c2)CC1.CN1CCC(C(=O)c2cccc(Nc3cccc(F)c3)c2)CC1.COc1ccc(Nc2cccc(C(=O)C3CCN(C)CC3)c2)cc1. The second kappa shape index (κ2) is 25.8. The molecule has 0 saturated carbocycles. The number of halogens is 2. The summed E-state index contributed by atoms with van der Waals surface area (Å²) in [6, 6.07) is 45.4. The van der Waals surface area contributed by atoms with E-state index in [2.05, 4.69) is 86.5 Å². The fraction of sp³-hybridized carbons (Fsp3) is 0.328. The molecule has 3 aliphatic heterocycles. The first-order valence-corrected chi connectivity index (χ1v) is 25.4. The Labute approximate surface area is 427 Å².